The Morgan fingerprint density at radius 2 is 1.52 bits per heavy atom. The fourth-order valence-electron chi connectivity index (χ4n) is 3.68. The van der Waals surface area contributed by atoms with E-state index < -0.39 is 0 Å². The molecule has 1 heterocycles. The highest BCUT2D eigenvalue weighted by atomic mass is 16.5. The average Bonchev–Trinajstić information content (AvgIpc) is 2.95. The van der Waals surface area contributed by atoms with Crippen LogP contribution in [-0.4, -0.2) is 5.78 Å². The Labute approximate surface area is 134 Å². The predicted molar refractivity (Wildman–Crippen MR) is 90.7 cm³/mol. The van der Waals surface area contributed by atoms with Crippen LogP contribution >= 0.6 is 0 Å². The van der Waals surface area contributed by atoms with Gasteiger partial charge >= 0.3 is 0 Å². The Kier molecular flexibility index (Phi) is 2.51. The lowest BCUT2D eigenvalue weighted by Gasteiger charge is -2.12. The standard InChI is InChI=1S/C21H14O2/c22-17-12-19(13-4-2-1-3-5-13)23-18-11-9-15-7-6-14-8-10-16(17)21(18)20(14)15/h1-5,8-12H,6-7H2. The third-order valence-electron chi connectivity index (χ3n) is 4.76. The summed E-state index contributed by atoms with van der Waals surface area (Å²) in [6.07, 6.45) is 3.70. The van der Waals surface area contributed by atoms with E-state index >= 15 is 0 Å². The minimum Gasteiger partial charge on any atom is -0.456 e. The zero-order valence-electron chi connectivity index (χ0n) is 12.5. The molecule has 0 N–H and O–H groups in total. The molecule has 1 aliphatic heterocycles. The fourth-order valence-corrected chi connectivity index (χ4v) is 3.68. The molecule has 2 aliphatic rings. The Morgan fingerprint density at radius 1 is 0.783 bits per heavy atom. The SMILES string of the molecule is O=C1C=C(c2ccccc2)Oc2ccc3c4c(ccc1c24)CC3. The number of ether oxygens (including phenoxy) is 1. The molecular formula is C21H14O2. The number of rotatable bonds is 1. The second kappa shape index (κ2) is 4.56. The number of allylic oxidation sites excluding steroid dienone is 1. The van der Waals surface area contributed by atoms with Gasteiger partial charge in [0, 0.05) is 22.6 Å². The van der Waals surface area contributed by atoms with Crippen molar-refractivity contribution in [2.24, 2.45) is 0 Å². The van der Waals surface area contributed by atoms with E-state index in [2.05, 4.69) is 12.1 Å². The van der Waals surface area contributed by atoms with Crippen LogP contribution in [0.15, 0.2) is 60.7 Å². The molecule has 1 aliphatic carbocycles. The van der Waals surface area contributed by atoms with Crippen LogP contribution in [0.3, 0.4) is 0 Å². The smallest absolute Gasteiger partial charge is 0.190 e. The monoisotopic (exact) mass is 298 g/mol. The van der Waals surface area contributed by atoms with Crippen LogP contribution in [0.2, 0.25) is 0 Å². The summed E-state index contributed by atoms with van der Waals surface area (Å²) in [5.74, 6) is 1.41. The quantitative estimate of drug-likeness (QED) is 0.658. The van der Waals surface area contributed by atoms with Crippen molar-refractivity contribution in [3.8, 4) is 5.75 Å². The summed E-state index contributed by atoms with van der Waals surface area (Å²) >= 11 is 0. The zero-order chi connectivity index (χ0) is 15.4. The van der Waals surface area contributed by atoms with Crippen molar-refractivity contribution in [2.75, 3.05) is 0 Å². The van der Waals surface area contributed by atoms with Crippen molar-refractivity contribution in [3.63, 3.8) is 0 Å². The number of aryl methyl sites for hydroxylation is 2. The van der Waals surface area contributed by atoms with Gasteiger partial charge in [0.2, 0.25) is 0 Å². The van der Waals surface area contributed by atoms with Gasteiger partial charge in [0.1, 0.15) is 11.5 Å². The molecule has 0 aromatic heterocycles. The maximum Gasteiger partial charge on any atom is 0.190 e. The molecule has 3 aromatic rings. The highest BCUT2D eigenvalue weighted by Gasteiger charge is 2.25. The summed E-state index contributed by atoms with van der Waals surface area (Å²) in [4.78, 5) is 12.8. The molecule has 0 spiro atoms. The highest BCUT2D eigenvalue weighted by molar-refractivity contribution is 6.19. The third kappa shape index (κ3) is 1.78. The van der Waals surface area contributed by atoms with Crippen LogP contribution in [0.25, 0.3) is 16.5 Å². The van der Waals surface area contributed by atoms with E-state index in [0.717, 1.165) is 35.1 Å². The summed E-state index contributed by atoms with van der Waals surface area (Å²) in [5, 5.41) is 2.20. The molecule has 0 amide bonds. The number of benzene rings is 3. The molecule has 0 radical (unpaired) electrons. The van der Waals surface area contributed by atoms with Gasteiger partial charge in [-0.25, -0.2) is 0 Å². The molecular weight excluding hydrogens is 284 g/mol. The molecule has 5 rings (SSSR count). The highest BCUT2D eigenvalue weighted by Crippen LogP contribution is 2.41. The van der Waals surface area contributed by atoms with E-state index in [4.69, 9.17) is 4.74 Å². The second-order valence-corrected chi connectivity index (χ2v) is 6.09. The molecule has 0 fully saturated rings. The maximum absolute atomic E-state index is 12.8. The van der Waals surface area contributed by atoms with Gasteiger partial charge in [-0.3, -0.25) is 4.79 Å². The molecule has 23 heavy (non-hydrogen) atoms. The summed E-state index contributed by atoms with van der Waals surface area (Å²) in [7, 11) is 0. The van der Waals surface area contributed by atoms with Gasteiger partial charge in [-0.05, 0) is 41.5 Å². The van der Waals surface area contributed by atoms with Gasteiger partial charge < -0.3 is 4.74 Å². The first-order chi connectivity index (χ1) is 11.3. The lowest BCUT2D eigenvalue weighted by Crippen LogP contribution is -1.97. The molecule has 2 nitrogen and oxygen atoms in total. The molecule has 110 valence electrons. The van der Waals surface area contributed by atoms with E-state index in [1.807, 2.05) is 42.5 Å². The van der Waals surface area contributed by atoms with Crippen LogP contribution in [0, 0.1) is 0 Å². The van der Waals surface area contributed by atoms with Gasteiger partial charge in [0.05, 0.1) is 0 Å². The van der Waals surface area contributed by atoms with Gasteiger partial charge in [0.25, 0.3) is 0 Å². The first kappa shape index (κ1) is 12.7. The first-order valence-electron chi connectivity index (χ1n) is 7.88. The van der Waals surface area contributed by atoms with Crippen LogP contribution in [0.5, 0.6) is 5.75 Å². The van der Waals surface area contributed by atoms with Crippen LogP contribution in [-0.2, 0) is 12.8 Å². The van der Waals surface area contributed by atoms with E-state index in [1.165, 1.54) is 16.5 Å². The van der Waals surface area contributed by atoms with Crippen LogP contribution < -0.4 is 4.74 Å². The molecule has 3 aromatic carbocycles. The van der Waals surface area contributed by atoms with Gasteiger partial charge in [-0.15, -0.1) is 0 Å². The molecule has 2 heteroatoms. The first-order valence-corrected chi connectivity index (χ1v) is 7.88. The molecule has 0 bridgehead atoms. The van der Waals surface area contributed by atoms with Crippen molar-refractivity contribution < 1.29 is 9.53 Å². The van der Waals surface area contributed by atoms with Crippen LogP contribution in [0.1, 0.15) is 27.0 Å². The normalized spacial score (nSPS) is 15.3. The van der Waals surface area contributed by atoms with E-state index in [9.17, 15) is 4.79 Å². The van der Waals surface area contributed by atoms with Crippen molar-refractivity contribution in [1.29, 1.82) is 0 Å². The Hall–Kier alpha value is -2.87. The van der Waals surface area contributed by atoms with Gasteiger partial charge in [-0.2, -0.15) is 0 Å². The lowest BCUT2D eigenvalue weighted by atomic mass is 9.97. The van der Waals surface area contributed by atoms with E-state index in [0.29, 0.717) is 5.76 Å². The summed E-state index contributed by atoms with van der Waals surface area (Å²) in [6.45, 7) is 0. The fraction of sp³-hybridized carbons (Fsp3) is 0.0952. The molecule has 0 saturated carbocycles. The summed E-state index contributed by atoms with van der Waals surface area (Å²) < 4.78 is 6.16. The summed E-state index contributed by atoms with van der Waals surface area (Å²) in [6, 6.07) is 18.0. The van der Waals surface area contributed by atoms with Crippen molar-refractivity contribution in [2.45, 2.75) is 12.8 Å². The van der Waals surface area contributed by atoms with E-state index in [1.54, 1.807) is 6.08 Å². The maximum atomic E-state index is 12.8. The van der Waals surface area contributed by atoms with Crippen molar-refractivity contribution >= 4 is 22.3 Å². The topological polar surface area (TPSA) is 26.3 Å². The Balaban J connectivity index is 1.80. The third-order valence-corrected chi connectivity index (χ3v) is 4.76. The minimum absolute atomic E-state index is 0.0122. The molecule has 0 atom stereocenters. The second-order valence-electron chi connectivity index (χ2n) is 6.09. The molecule has 0 saturated heterocycles. The Bertz CT molecular complexity index is 987. The molecule has 0 unspecified atom stereocenters. The van der Waals surface area contributed by atoms with Gasteiger partial charge in [-0.1, -0.05) is 42.5 Å². The number of hydrogen-bond donors (Lipinski definition) is 0. The van der Waals surface area contributed by atoms with E-state index in [-0.39, 0.29) is 5.78 Å². The Morgan fingerprint density at radius 3 is 2.30 bits per heavy atom. The zero-order valence-corrected chi connectivity index (χ0v) is 12.5. The number of carbonyl (C=O) groups is 1. The summed E-state index contributed by atoms with van der Waals surface area (Å²) in [5.41, 5.74) is 4.30. The predicted octanol–water partition coefficient (Wildman–Crippen LogP) is 4.55. The minimum atomic E-state index is 0.0122. The number of hydrogen-bond acceptors (Lipinski definition) is 2. The van der Waals surface area contributed by atoms with Crippen LogP contribution in [0.4, 0.5) is 0 Å². The van der Waals surface area contributed by atoms with Crippen molar-refractivity contribution in [3.05, 3.63) is 82.9 Å². The number of ketones is 1. The average molecular weight is 298 g/mol. The van der Waals surface area contributed by atoms with Crippen molar-refractivity contribution in [1.82, 2.24) is 0 Å². The number of carbonyl (C=O) groups excluding carboxylic acids is 1. The largest absolute Gasteiger partial charge is 0.456 e. The van der Waals surface area contributed by atoms with Gasteiger partial charge in [0.15, 0.2) is 5.78 Å². The lowest BCUT2D eigenvalue weighted by molar-refractivity contribution is 0.104.